The molecule has 4 aliphatic heterocycles. The number of nitriles is 1. The van der Waals surface area contributed by atoms with Crippen LogP contribution in [0, 0.1) is 23.0 Å². The third-order valence-electron chi connectivity index (χ3n) is 10.2. The summed E-state index contributed by atoms with van der Waals surface area (Å²) in [5.41, 5.74) is 5.38. The highest BCUT2D eigenvalue weighted by atomic mass is 35.5. The molecule has 0 aliphatic carbocycles. The molecule has 0 unspecified atom stereocenters. The van der Waals surface area contributed by atoms with Crippen molar-refractivity contribution in [2.75, 3.05) is 56.6 Å². The number of thiophene rings is 1. The Morgan fingerprint density at radius 2 is 2.06 bits per heavy atom. The number of benzene rings is 2. The van der Waals surface area contributed by atoms with Gasteiger partial charge >= 0.3 is 6.01 Å². The molecule has 15 heteroatoms. The van der Waals surface area contributed by atoms with E-state index < -0.39 is 29.4 Å². The third-order valence-corrected chi connectivity index (χ3v) is 11.5. The van der Waals surface area contributed by atoms with Gasteiger partial charge in [-0.25, -0.2) is 13.2 Å². The minimum atomic E-state index is -0.973. The van der Waals surface area contributed by atoms with Crippen molar-refractivity contribution >= 4 is 60.7 Å². The van der Waals surface area contributed by atoms with Crippen LogP contribution in [0.1, 0.15) is 38.2 Å². The van der Waals surface area contributed by atoms with Crippen molar-refractivity contribution in [1.29, 1.82) is 5.26 Å². The largest absolute Gasteiger partial charge is 0.489 e. The summed E-state index contributed by atoms with van der Waals surface area (Å²) in [6, 6.07) is 4.00. The quantitative estimate of drug-likeness (QED) is 0.272. The maximum atomic E-state index is 17.2. The van der Waals surface area contributed by atoms with Gasteiger partial charge in [0.2, 0.25) is 5.91 Å². The standard InChI is InChI=1S/C33H31ClF3N7O3S/c1-16-14-46-28-24-27(26(37)23(25(28)34)18-4-5-20(36)29-22(18)19(11-38)30(39)48-29)40-32(41-31(24)44(16)13-21(45)42-7-3-8-42)47-15-33-6-2-9-43(33)12-17(35)10-33/h4-5,16-17H,2-3,6-10,12-15,39H2,1H3/t16-,17+,33-/m0/s1. The van der Waals surface area contributed by atoms with E-state index in [1.165, 1.54) is 12.1 Å². The number of ether oxygens (including phenoxy) is 2. The zero-order chi connectivity index (χ0) is 33.5. The number of halogens is 4. The number of nitrogens with zero attached hydrogens (tertiary/aromatic N) is 6. The highest BCUT2D eigenvalue weighted by molar-refractivity contribution is 7.23. The first-order valence-corrected chi connectivity index (χ1v) is 17.1. The second kappa shape index (κ2) is 11.5. The molecule has 0 spiro atoms. The average Bonchev–Trinajstić information content (AvgIpc) is 3.65. The summed E-state index contributed by atoms with van der Waals surface area (Å²) in [6.07, 6.45) is 1.92. The molecule has 3 fully saturated rings. The molecule has 1 amide bonds. The predicted molar refractivity (Wildman–Crippen MR) is 176 cm³/mol. The maximum Gasteiger partial charge on any atom is 0.319 e. The summed E-state index contributed by atoms with van der Waals surface area (Å²) in [7, 11) is 0. The number of fused-ring (bicyclic) bond motifs is 2. The Labute approximate surface area is 282 Å². The Bertz CT molecular complexity index is 2050. The van der Waals surface area contributed by atoms with Crippen LogP contribution < -0.4 is 20.1 Å². The Morgan fingerprint density at radius 1 is 1.25 bits per heavy atom. The number of carbonyl (C=O) groups is 1. The van der Waals surface area contributed by atoms with E-state index >= 15 is 4.39 Å². The van der Waals surface area contributed by atoms with E-state index in [9.17, 15) is 18.8 Å². The van der Waals surface area contributed by atoms with Crippen molar-refractivity contribution in [3.8, 4) is 29.0 Å². The monoisotopic (exact) mass is 697 g/mol. The Balaban J connectivity index is 1.33. The van der Waals surface area contributed by atoms with Gasteiger partial charge in [0, 0.05) is 37.0 Å². The van der Waals surface area contributed by atoms with Crippen LogP contribution in [0.2, 0.25) is 5.02 Å². The number of nitrogens with two attached hydrogens (primary N) is 1. The predicted octanol–water partition coefficient (Wildman–Crippen LogP) is 5.67. The summed E-state index contributed by atoms with van der Waals surface area (Å²) in [4.78, 5) is 28.1. The lowest BCUT2D eigenvalue weighted by molar-refractivity contribution is -0.133. The van der Waals surface area contributed by atoms with Crippen molar-refractivity contribution in [2.45, 2.75) is 50.4 Å². The number of carbonyl (C=O) groups excluding carboxylic acids is 1. The molecule has 0 saturated carbocycles. The number of anilines is 2. The molecule has 6 heterocycles. The number of rotatable bonds is 6. The molecule has 8 rings (SSSR count). The fraction of sp³-hybridized carbons (Fsp3) is 0.455. The molecule has 3 saturated heterocycles. The van der Waals surface area contributed by atoms with E-state index in [-0.39, 0.29) is 90.9 Å². The highest BCUT2D eigenvalue weighted by Crippen LogP contribution is 2.51. The summed E-state index contributed by atoms with van der Waals surface area (Å²) in [5, 5.41) is 10.2. The van der Waals surface area contributed by atoms with Crippen LogP contribution in [-0.2, 0) is 4.79 Å². The fourth-order valence-corrected chi connectivity index (χ4v) is 8.86. The summed E-state index contributed by atoms with van der Waals surface area (Å²) >= 11 is 7.89. The molecule has 2 aromatic carbocycles. The zero-order valence-corrected chi connectivity index (χ0v) is 27.6. The van der Waals surface area contributed by atoms with E-state index in [4.69, 9.17) is 31.8 Å². The number of nitrogen functional groups attached to an aromatic ring is 1. The van der Waals surface area contributed by atoms with Crippen molar-refractivity contribution in [2.24, 2.45) is 0 Å². The van der Waals surface area contributed by atoms with Gasteiger partial charge in [-0.1, -0.05) is 17.7 Å². The number of likely N-dealkylation sites (tertiary alicyclic amines) is 1. The van der Waals surface area contributed by atoms with Gasteiger partial charge in [-0.2, -0.15) is 15.2 Å². The van der Waals surface area contributed by atoms with Crippen LogP contribution >= 0.6 is 22.9 Å². The lowest BCUT2D eigenvalue weighted by atomic mass is 9.95. The first kappa shape index (κ1) is 31.2. The SMILES string of the molecule is C[C@H]1COc2c(Cl)c(-c3ccc(F)c4sc(N)c(C#N)c34)c(F)c3nc(OC[C@@]45CCCN4C[C@H](F)C5)nc(c23)N1CC(=O)N1CCC1. The number of hydrogen-bond acceptors (Lipinski definition) is 10. The summed E-state index contributed by atoms with van der Waals surface area (Å²) in [5.74, 6) is -1.29. The summed E-state index contributed by atoms with van der Waals surface area (Å²) < 4.78 is 59.2. The molecule has 0 radical (unpaired) electrons. The molecule has 4 aromatic rings. The molecule has 4 aliphatic rings. The second-order valence-electron chi connectivity index (χ2n) is 13.0. The molecule has 2 aromatic heterocycles. The van der Waals surface area contributed by atoms with Crippen LogP contribution in [-0.4, -0.2) is 89.4 Å². The van der Waals surface area contributed by atoms with Crippen LogP contribution in [0.3, 0.4) is 0 Å². The molecule has 250 valence electrons. The molecule has 48 heavy (non-hydrogen) atoms. The minimum absolute atomic E-state index is 0.00616. The van der Waals surface area contributed by atoms with Crippen molar-refractivity contribution in [1.82, 2.24) is 19.8 Å². The van der Waals surface area contributed by atoms with Gasteiger partial charge in [-0.15, -0.1) is 11.3 Å². The van der Waals surface area contributed by atoms with Gasteiger partial charge in [0.25, 0.3) is 0 Å². The zero-order valence-electron chi connectivity index (χ0n) is 26.0. The van der Waals surface area contributed by atoms with Crippen LogP contribution in [0.4, 0.5) is 24.0 Å². The first-order chi connectivity index (χ1) is 23.1. The highest BCUT2D eigenvalue weighted by Gasteiger charge is 2.49. The Hall–Kier alpha value is -4.06. The third kappa shape index (κ3) is 4.73. The van der Waals surface area contributed by atoms with E-state index in [2.05, 4.69) is 9.88 Å². The van der Waals surface area contributed by atoms with E-state index in [0.29, 0.717) is 26.1 Å². The Morgan fingerprint density at radius 3 is 2.81 bits per heavy atom. The fourth-order valence-electron chi connectivity index (χ4n) is 7.58. The lowest BCUT2D eigenvalue weighted by Crippen LogP contribution is -2.50. The summed E-state index contributed by atoms with van der Waals surface area (Å²) in [6.45, 7) is 4.40. The van der Waals surface area contributed by atoms with Gasteiger partial charge in [0.15, 0.2) is 11.6 Å². The average molecular weight is 698 g/mol. The molecular weight excluding hydrogens is 667 g/mol. The van der Waals surface area contributed by atoms with Crippen molar-refractivity contribution in [3.05, 3.63) is 34.4 Å². The molecular formula is C33H31ClF3N7O3S. The molecule has 10 nitrogen and oxygen atoms in total. The Kier molecular flexibility index (Phi) is 7.50. The van der Waals surface area contributed by atoms with E-state index in [1.807, 2.05) is 13.0 Å². The second-order valence-corrected chi connectivity index (χ2v) is 14.5. The van der Waals surface area contributed by atoms with Gasteiger partial charge < -0.3 is 25.0 Å². The number of aromatic nitrogens is 2. The van der Waals surface area contributed by atoms with Gasteiger partial charge in [0.05, 0.1) is 38.8 Å². The van der Waals surface area contributed by atoms with Crippen LogP contribution in [0.5, 0.6) is 11.8 Å². The van der Waals surface area contributed by atoms with Crippen molar-refractivity contribution in [3.63, 3.8) is 0 Å². The van der Waals surface area contributed by atoms with E-state index in [0.717, 1.165) is 37.1 Å². The normalized spacial score (nSPS) is 23.6. The molecule has 0 bridgehead atoms. The molecule has 3 atom stereocenters. The van der Waals surface area contributed by atoms with Crippen LogP contribution in [0.15, 0.2) is 12.1 Å². The number of amides is 1. The smallest absolute Gasteiger partial charge is 0.319 e. The van der Waals surface area contributed by atoms with Gasteiger partial charge in [-0.05, 0) is 44.4 Å². The number of alkyl halides is 1. The number of hydrogen-bond donors (Lipinski definition) is 1. The van der Waals surface area contributed by atoms with E-state index in [1.54, 1.807) is 9.80 Å². The van der Waals surface area contributed by atoms with Crippen molar-refractivity contribution < 1.29 is 27.4 Å². The van der Waals surface area contributed by atoms with Crippen LogP contribution in [0.25, 0.3) is 32.1 Å². The first-order valence-electron chi connectivity index (χ1n) is 15.9. The van der Waals surface area contributed by atoms with Gasteiger partial charge in [-0.3, -0.25) is 9.69 Å². The molecule has 2 N–H and O–H groups in total. The topological polar surface area (TPSA) is 121 Å². The lowest BCUT2D eigenvalue weighted by Gasteiger charge is -2.35. The minimum Gasteiger partial charge on any atom is -0.489 e. The maximum absolute atomic E-state index is 17.2. The van der Waals surface area contributed by atoms with Gasteiger partial charge in [0.1, 0.15) is 47.6 Å².